The summed E-state index contributed by atoms with van der Waals surface area (Å²) in [4.78, 5) is 4.48. The van der Waals surface area contributed by atoms with Crippen LogP contribution in [0.25, 0.3) is 0 Å². The number of morpholine rings is 1. The Kier molecular flexibility index (Phi) is 7.59. The smallest absolute Gasteiger partial charge is 0.173 e. The number of nitrogens with one attached hydrogen (secondary N) is 1. The number of rotatable bonds is 7. The highest BCUT2D eigenvalue weighted by molar-refractivity contribution is 7.80. The van der Waals surface area contributed by atoms with E-state index in [9.17, 15) is 4.39 Å². The van der Waals surface area contributed by atoms with Gasteiger partial charge in [0.2, 0.25) is 0 Å². The van der Waals surface area contributed by atoms with Crippen LogP contribution in [0.15, 0.2) is 48.5 Å². The summed E-state index contributed by atoms with van der Waals surface area (Å²) >= 11 is 5.69. The van der Waals surface area contributed by atoms with E-state index in [4.69, 9.17) is 21.7 Å². The first-order chi connectivity index (χ1) is 13.6. The van der Waals surface area contributed by atoms with Crippen LogP contribution in [0.2, 0.25) is 0 Å². The summed E-state index contributed by atoms with van der Waals surface area (Å²) in [6.07, 6.45) is 0. The molecule has 0 aliphatic carbocycles. The van der Waals surface area contributed by atoms with Gasteiger partial charge in [-0.3, -0.25) is 4.90 Å². The first kappa shape index (κ1) is 20.5. The van der Waals surface area contributed by atoms with Gasteiger partial charge in [0.1, 0.15) is 11.6 Å². The van der Waals surface area contributed by atoms with Gasteiger partial charge in [0.15, 0.2) is 5.11 Å². The number of ether oxygens (including phenoxy) is 2. The molecule has 150 valence electrons. The molecule has 0 spiro atoms. The normalized spacial score (nSPS) is 14.5. The van der Waals surface area contributed by atoms with Crippen LogP contribution >= 0.6 is 12.2 Å². The molecule has 1 aliphatic heterocycles. The third-order valence-corrected chi connectivity index (χ3v) is 5.05. The molecule has 1 N–H and O–H groups in total. The standard InChI is InChI=1S/C21H26FN3O2S/c1-26-20-4-2-3-19(15-20)23-21(28)25(10-9-24-11-13-27-14-12-24)16-17-5-7-18(22)8-6-17/h2-8,15H,9-14,16H2,1H3,(H,23,28). The average molecular weight is 404 g/mol. The van der Waals surface area contributed by atoms with Crippen molar-refractivity contribution in [3.63, 3.8) is 0 Å². The number of hydrogen-bond donors (Lipinski definition) is 1. The van der Waals surface area contributed by atoms with Crippen molar-refractivity contribution in [2.24, 2.45) is 0 Å². The van der Waals surface area contributed by atoms with Gasteiger partial charge in [-0.05, 0) is 42.0 Å². The molecule has 2 aromatic rings. The molecule has 0 atom stereocenters. The third-order valence-electron chi connectivity index (χ3n) is 4.68. The van der Waals surface area contributed by atoms with Crippen molar-refractivity contribution in [1.82, 2.24) is 9.80 Å². The molecule has 0 aromatic heterocycles. The van der Waals surface area contributed by atoms with Crippen LogP contribution < -0.4 is 10.1 Å². The molecule has 1 fully saturated rings. The highest BCUT2D eigenvalue weighted by Crippen LogP contribution is 2.18. The van der Waals surface area contributed by atoms with E-state index in [1.54, 1.807) is 19.2 Å². The monoisotopic (exact) mass is 403 g/mol. The lowest BCUT2D eigenvalue weighted by atomic mass is 10.2. The number of halogens is 1. The van der Waals surface area contributed by atoms with Crippen molar-refractivity contribution in [3.05, 3.63) is 59.9 Å². The third kappa shape index (κ3) is 6.15. The van der Waals surface area contributed by atoms with Crippen molar-refractivity contribution in [1.29, 1.82) is 0 Å². The molecule has 7 heteroatoms. The average Bonchev–Trinajstić information content (AvgIpc) is 2.73. The fraction of sp³-hybridized carbons (Fsp3) is 0.381. The Morgan fingerprint density at radius 3 is 2.68 bits per heavy atom. The lowest BCUT2D eigenvalue weighted by molar-refractivity contribution is 0.0358. The molecule has 3 rings (SSSR count). The summed E-state index contributed by atoms with van der Waals surface area (Å²) in [5.74, 6) is 0.534. The number of benzene rings is 2. The highest BCUT2D eigenvalue weighted by atomic mass is 32.1. The van der Waals surface area contributed by atoms with Gasteiger partial charge in [-0.1, -0.05) is 18.2 Å². The largest absolute Gasteiger partial charge is 0.497 e. The van der Waals surface area contributed by atoms with E-state index >= 15 is 0 Å². The number of anilines is 1. The zero-order chi connectivity index (χ0) is 19.8. The molecule has 2 aromatic carbocycles. The predicted octanol–water partition coefficient (Wildman–Crippen LogP) is 3.37. The maximum absolute atomic E-state index is 13.3. The van der Waals surface area contributed by atoms with Gasteiger partial charge in [-0.2, -0.15) is 0 Å². The van der Waals surface area contributed by atoms with Gasteiger partial charge in [-0.25, -0.2) is 4.39 Å². The Balaban J connectivity index is 1.67. The van der Waals surface area contributed by atoms with Gasteiger partial charge in [0.05, 0.1) is 20.3 Å². The molecule has 0 saturated carbocycles. The van der Waals surface area contributed by atoms with Crippen LogP contribution in [-0.4, -0.2) is 61.4 Å². The summed E-state index contributed by atoms with van der Waals surface area (Å²) in [6.45, 7) is 5.67. The van der Waals surface area contributed by atoms with Crippen LogP contribution in [0.4, 0.5) is 10.1 Å². The summed E-state index contributed by atoms with van der Waals surface area (Å²) in [5, 5.41) is 3.93. The van der Waals surface area contributed by atoms with Crippen LogP contribution in [0, 0.1) is 5.82 Å². The van der Waals surface area contributed by atoms with Gasteiger partial charge in [-0.15, -0.1) is 0 Å². The maximum Gasteiger partial charge on any atom is 0.173 e. The van der Waals surface area contributed by atoms with E-state index in [2.05, 4.69) is 15.1 Å². The van der Waals surface area contributed by atoms with Crippen molar-refractivity contribution in [3.8, 4) is 5.75 Å². The van der Waals surface area contributed by atoms with E-state index < -0.39 is 0 Å². The lowest BCUT2D eigenvalue weighted by Crippen LogP contribution is -2.43. The Bertz CT molecular complexity index is 767. The molecule has 1 aliphatic rings. The number of nitrogens with zero attached hydrogens (tertiary/aromatic N) is 2. The van der Waals surface area contributed by atoms with E-state index in [-0.39, 0.29) is 5.82 Å². The minimum absolute atomic E-state index is 0.235. The molecule has 0 unspecified atom stereocenters. The van der Waals surface area contributed by atoms with Crippen molar-refractivity contribution < 1.29 is 13.9 Å². The Morgan fingerprint density at radius 2 is 1.96 bits per heavy atom. The fourth-order valence-electron chi connectivity index (χ4n) is 3.05. The van der Waals surface area contributed by atoms with E-state index in [1.165, 1.54) is 12.1 Å². The van der Waals surface area contributed by atoms with Crippen LogP contribution in [0.1, 0.15) is 5.56 Å². The first-order valence-corrected chi connectivity index (χ1v) is 9.79. The van der Waals surface area contributed by atoms with E-state index in [0.29, 0.717) is 11.7 Å². The topological polar surface area (TPSA) is 37.0 Å². The van der Waals surface area contributed by atoms with Gasteiger partial charge in [0, 0.05) is 44.5 Å². The molecule has 1 saturated heterocycles. The van der Waals surface area contributed by atoms with Crippen molar-refractivity contribution in [2.45, 2.75) is 6.54 Å². The highest BCUT2D eigenvalue weighted by Gasteiger charge is 2.15. The molecule has 0 radical (unpaired) electrons. The Hall–Kier alpha value is -2.22. The number of thiocarbonyl (C=S) groups is 1. The van der Waals surface area contributed by atoms with Crippen molar-refractivity contribution in [2.75, 3.05) is 51.8 Å². The Morgan fingerprint density at radius 1 is 1.21 bits per heavy atom. The van der Waals surface area contributed by atoms with Crippen LogP contribution in [-0.2, 0) is 11.3 Å². The fourth-order valence-corrected chi connectivity index (χ4v) is 3.33. The van der Waals surface area contributed by atoms with Crippen molar-refractivity contribution >= 4 is 23.0 Å². The zero-order valence-electron chi connectivity index (χ0n) is 16.1. The SMILES string of the molecule is COc1cccc(NC(=S)N(CCN2CCOCC2)Cc2ccc(F)cc2)c1. The molecular formula is C21H26FN3O2S. The second-order valence-electron chi connectivity index (χ2n) is 6.66. The number of hydrogen-bond acceptors (Lipinski definition) is 4. The molecule has 0 bridgehead atoms. The lowest BCUT2D eigenvalue weighted by Gasteiger charge is -2.31. The molecule has 0 amide bonds. The second-order valence-corrected chi connectivity index (χ2v) is 7.05. The summed E-state index contributed by atoms with van der Waals surface area (Å²) in [6, 6.07) is 14.2. The maximum atomic E-state index is 13.3. The summed E-state index contributed by atoms with van der Waals surface area (Å²) in [7, 11) is 1.64. The van der Waals surface area contributed by atoms with Gasteiger partial charge >= 0.3 is 0 Å². The predicted molar refractivity (Wildman–Crippen MR) is 113 cm³/mol. The van der Waals surface area contributed by atoms with Crippen LogP contribution in [0.5, 0.6) is 5.75 Å². The Labute approximate surface area is 171 Å². The molecule has 5 nitrogen and oxygen atoms in total. The van der Waals surface area contributed by atoms with Gasteiger partial charge < -0.3 is 19.7 Å². The molecule has 28 heavy (non-hydrogen) atoms. The molecule has 1 heterocycles. The zero-order valence-corrected chi connectivity index (χ0v) is 16.9. The number of methoxy groups -OCH3 is 1. The van der Waals surface area contributed by atoms with E-state index in [0.717, 1.165) is 56.4 Å². The first-order valence-electron chi connectivity index (χ1n) is 9.38. The quantitative estimate of drug-likeness (QED) is 0.715. The van der Waals surface area contributed by atoms with Gasteiger partial charge in [0.25, 0.3) is 0 Å². The van der Waals surface area contributed by atoms with Crippen LogP contribution in [0.3, 0.4) is 0 Å². The minimum Gasteiger partial charge on any atom is -0.497 e. The summed E-state index contributed by atoms with van der Waals surface area (Å²) in [5.41, 5.74) is 1.89. The minimum atomic E-state index is -0.235. The molecular weight excluding hydrogens is 377 g/mol. The summed E-state index contributed by atoms with van der Waals surface area (Å²) < 4.78 is 24.0. The second kappa shape index (κ2) is 10.4. The van der Waals surface area contributed by atoms with E-state index in [1.807, 2.05) is 24.3 Å².